The highest BCUT2D eigenvalue weighted by Gasteiger charge is 2.65. The molecule has 6 atom stereocenters. The smallest absolute Gasteiger partial charge is 0.254 e. The molecule has 5 aromatic carbocycles. The minimum absolute atomic E-state index is 0.000259. The second-order valence-electron chi connectivity index (χ2n) is 17.0. The van der Waals surface area contributed by atoms with E-state index in [1.165, 1.54) is 7.11 Å². The van der Waals surface area contributed by atoms with Crippen LogP contribution in [0.5, 0.6) is 17.2 Å². The summed E-state index contributed by atoms with van der Waals surface area (Å²) in [6.45, 7) is 4.51. The normalized spacial score (nSPS) is 22.4. The van der Waals surface area contributed by atoms with Crippen LogP contribution in [0.1, 0.15) is 88.3 Å². The molecule has 11 heteroatoms. The number of carbonyl (C=O) groups is 2. The van der Waals surface area contributed by atoms with Crippen LogP contribution in [0.3, 0.4) is 0 Å². The third-order valence-electron chi connectivity index (χ3n) is 13.2. The van der Waals surface area contributed by atoms with E-state index in [2.05, 4.69) is 36.9 Å². The Kier molecular flexibility index (Phi) is 14.2. The number of hydrogen-bond donors (Lipinski definition) is 2. The van der Waals surface area contributed by atoms with Gasteiger partial charge in [-0.05, 0) is 114 Å². The minimum atomic E-state index is -1.50. The number of rotatable bonds is 19. The molecular weight excluding hydrogens is 819 g/mol. The lowest BCUT2D eigenvalue weighted by molar-refractivity contribution is -0.255. The third kappa shape index (κ3) is 9.20. The van der Waals surface area contributed by atoms with Crippen LogP contribution >= 0.6 is 0 Å². The molecule has 65 heavy (non-hydrogen) atoms. The number of hydrogen-bond acceptors (Lipinski definition) is 10. The van der Waals surface area contributed by atoms with E-state index in [1.807, 2.05) is 53.4 Å². The van der Waals surface area contributed by atoms with Crippen molar-refractivity contribution in [1.82, 2.24) is 4.90 Å². The van der Waals surface area contributed by atoms with Crippen LogP contribution in [0.2, 0.25) is 0 Å². The van der Waals surface area contributed by atoms with Crippen LogP contribution in [0.15, 0.2) is 139 Å². The van der Waals surface area contributed by atoms with Crippen LogP contribution in [0.25, 0.3) is 10.8 Å². The molecule has 1 fully saturated rings. The highest BCUT2D eigenvalue weighted by Crippen LogP contribution is 2.62. The molecule has 0 saturated heterocycles. The predicted molar refractivity (Wildman–Crippen MR) is 249 cm³/mol. The van der Waals surface area contributed by atoms with Crippen molar-refractivity contribution in [3.8, 4) is 23.3 Å². The van der Waals surface area contributed by atoms with Gasteiger partial charge in [-0.2, -0.15) is 5.26 Å². The number of nitrogens with zero attached hydrogens (tertiary/aromatic N) is 3. The lowest BCUT2D eigenvalue weighted by atomic mass is 9.55. The number of oxime groups is 1. The van der Waals surface area contributed by atoms with Gasteiger partial charge in [0.05, 0.1) is 29.9 Å². The Labute approximate surface area is 380 Å². The van der Waals surface area contributed by atoms with Gasteiger partial charge in [-0.15, -0.1) is 6.58 Å². The summed E-state index contributed by atoms with van der Waals surface area (Å²) < 4.78 is 21.1. The zero-order chi connectivity index (χ0) is 45.3. The molecule has 0 aromatic heterocycles. The number of fused-ring (bicyclic) bond motifs is 3. The number of benzene rings is 5. The number of allylic oxidation sites excluding steroid dienone is 1. The van der Waals surface area contributed by atoms with Crippen molar-refractivity contribution < 1.29 is 38.9 Å². The Morgan fingerprint density at radius 2 is 1.69 bits per heavy atom. The maximum absolute atomic E-state index is 15.5. The topological polar surface area (TPSA) is 151 Å². The van der Waals surface area contributed by atoms with E-state index in [9.17, 15) is 20.3 Å². The molecule has 334 valence electrons. The van der Waals surface area contributed by atoms with Gasteiger partial charge in [-0.3, -0.25) is 9.59 Å². The monoisotopic (exact) mass is 873 g/mol. The molecule has 2 N–H and O–H groups in total. The van der Waals surface area contributed by atoms with Crippen molar-refractivity contribution >= 4 is 28.7 Å². The van der Waals surface area contributed by atoms with Gasteiger partial charge in [0.2, 0.25) is 5.79 Å². The van der Waals surface area contributed by atoms with Gasteiger partial charge in [0.15, 0.2) is 0 Å². The summed E-state index contributed by atoms with van der Waals surface area (Å²) in [7, 11) is 1.53. The number of carbonyl (C=O) groups excluding carboxylic acids is 2. The Balaban J connectivity index is 1.37. The second-order valence-corrected chi connectivity index (χ2v) is 17.0. The number of unbranched alkanes of at least 4 members (excludes halogenated alkanes) is 2. The predicted octanol–water partition coefficient (Wildman–Crippen LogP) is 9.92. The fourth-order valence-corrected chi connectivity index (χ4v) is 10.4. The summed E-state index contributed by atoms with van der Waals surface area (Å²) in [5, 5.41) is 36.4. The summed E-state index contributed by atoms with van der Waals surface area (Å²) in [5.41, 5.74) is 4.75. The fourth-order valence-electron chi connectivity index (χ4n) is 10.4. The van der Waals surface area contributed by atoms with Crippen molar-refractivity contribution in [3.05, 3.63) is 161 Å². The average Bonchev–Trinajstić information content (AvgIpc) is 3.34. The van der Waals surface area contributed by atoms with E-state index in [0.717, 1.165) is 59.4 Å². The van der Waals surface area contributed by atoms with Crippen LogP contribution in [0, 0.1) is 29.1 Å². The minimum Gasteiger partial charge on any atom is -0.459 e. The van der Waals surface area contributed by atoms with Gasteiger partial charge >= 0.3 is 0 Å². The van der Waals surface area contributed by atoms with Crippen molar-refractivity contribution in [2.45, 2.75) is 69.2 Å². The molecule has 2 aliphatic carbocycles. The maximum atomic E-state index is 15.5. The van der Waals surface area contributed by atoms with Gasteiger partial charge in [-0.1, -0.05) is 84.7 Å². The highest BCUT2D eigenvalue weighted by molar-refractivity contribution is 6.03. The average molecular weight is 874 g/mol. The third-order valence-corrected chi connectivity index (χ3v) is 13.2. The van der Waals surface area contributed by atoms with Crippen LogP contribution in [0.4, 0.5) is 0 Å². The summed E-state index contributed by atoms with van der Waals surface area (Å²) in [4.78, 5) is 34.7. The van der Waals surface area contributed by atoms with E-state index in [4.69, 9.17) is 24.2 Å². The Bertz CT molecular complexity index is 2610. The lowest BCUT2D eigenvalue weighted by Gasteiger charge is -2.60. The van der Waals surface area contributed by atoms with Gasteiger partial charge in [-0.25, -0.2) is 0 Å². The molecule has 1 aliphatic heterocycles. The molecule has 0 spiro atoms. The van der Waals surface area contributed by atoms with E-state index in [1.54, 1.807) is 48.5 Å². The second kappa shape index (κ2) is 20.5. The van der Waals surface area contributed by atoms with Crippen molar-refractivity contribution in [1.29, 1.82) is 5.26 Å². The molecule has 11 nitrogen and oxygen atoms in total. The van der Waals surface area contributed by atoms with Gasteiger partial charge in [0.1, 0.15) is 36.7 Å². The first-order chi connectivity index (χ1) is 31.9. The van der Waals surface area contributed by atoms with Crippen molar-refractivity contribution in [2.24, 2.45) is 22.9 Å². The van der Waals surface area contributed by atoms with Crippen LogP contribution in [-0.2, 0) is 16.1 Å². The van der Waals surface area contributed by atoms with Crippen molar-refractivity contribution in [3.63, 3.8) is 0 Å². The van der Waals surface area contributed by atoms with Gasteiger partial charge in [0.25, 0.3) is 5.91 Å². The molecule has 1 amide bonds. The number of aliphatic hydroxyl groups excluding tert-OH is 2. The summed E-state index contributed by atoms with van der Waals surface area (Å²) in [5.74, 6) is -0.888. The summed E-state index contributed by atoms with van der Waals surface area (Å²) in [6.07, 6.45) is 9.42. The van der Waals surface area contributed by atoms with Crippen LogP contribution < -0.4 is 9.47 Å². The fraction of sp³-hybridized carbons (Fsp3) is 0.333. The molecule has 3 aliphatic rings. The molecule has 6 unspecified atom stereocenters. The lowest BCUT2D eigenvalue weighted by Crippen LogP contribution is -2.70. The molecule has 5 aromatic rings. The number of nitriles is 1. The largest absolute Gasteiger partial charge is 0.459 e. The summed E-state index contributed by atoms with van der Waals surface area (Å²) >= 11 is 0. The summed E-state index contributed by atoms with van der Waals surface area (Å²) in [6, 6.07) is 35.0. The Morgan fingerprint density at radius 1 is 0.938 bits per heavy atom. The highest BCUT2D eigenvalue weighted by atomic mass is 16.7. The first-order valence-corrected chi connectivity index (χ1v) is 22.5. The zero-order valence-electron chi connectivity index (χ0n) is 36.7. The number of aliphatic hydroxyl groups is 2. The van der Waals surface area contributed by atoms with Gasteiger partial charge < -0.3 is 34.2 Å². The Morgan fingerprint density at radius 3 is 2.45 bits per heavy atom. The molecule has 1 heterocycles. The number of ether oxygens (including phenoxy) is 3. The standard InChI is InChI=1S/C54H55N3O8/c1-3-28-63-54-50(57(53(61)39-22-20-36(33-55)21-23-39)34-41-16-11-15-38-13-4-5-18-44(38)41)32-48(56-62-2)46-30-40(14-6-8-26-58)45(19-7-9-27-59)51(52(46)54)47-31-43(24-25-49(47)65-54)64-42-17-10-12-37(29-42)35-60/h3-5,10-13,15-18,20-25,29-31,35,40,45,50-52,58-59H,1,6-9,14,19,26-28,32,34H2,2H3. The quantitative estimate of drug-likeness (QED) is 0.0358. The van der Waals surface area contributed by atoms with E-state index >= 15 is 4.79 Å². The van der Waals surface area contributed by atoms with E-state index in [0.29, 0.717) is 52.5 Å². The molecule has 0 bridgehead atoms. The number of amides is 1. The van der Waals surface area contributed by atoms with Crippen molar-refractivity contribution in [2.75, 3.05) is 26.9 Å². The van der Waals surface area contributed by atoms with E-state index in [-0.39, 0.29) is 56.4 Å². The molecule has 0 radical (unpaired) electrons. The zero-order valence-corrected chi connectivity index (χ0v) is 36.7. The first-order valence-electron chi connectivity index (χ1n) is 22.5. The molecule has 8 rings (SSSR count). The van der Waals surface area contributed by atoms with E-state index < -0.39 is 17.7 Å². The maximum Gasteiger partial charge on any atom is 0.254 e. The van der Waals surface area contributed by atoms with Crippen LogP contribution in [-0.4, -0.2) is 71.8 Å². The molecular formula is C54H55N3O8. The SMILES string of the molecule is C=CCOC12Oc3ccc(Oc4cccc(C=O)c4)cc3C3C(CCCCO)C(CCCCO)C=C(C(=NOC)CC1N(Cc1cccc4ccccc14)C(=O)c1ccc(C#N)cc1)C32. The Hall–Kier alpha value is -6.58. The number of aldehydes is 1. The first kappa shape index (κ1) is 45.0. The molecule has 1 saturated carbocycles. The van der Waals surface area contributed by atoms with Gasteiger partial charge in [0, 0.05) is 48.8 Å².